The zero-order chi connectivity index (χ0) is 20.1. The second kappa shape index (κ2) is 5.17. The molecule has 5 heteroatoms. The van der Waals surface area contributed by atoms with Crippen LogP contribution in [-0.2, 0) is 6.18 Å². The van der Waals surface area contributed by atoms with E-state index in [2.05, 4.69) is 15.5 Å². The van der Waals surface area contributed by atoms with Gasteiger partial charge in [-0.2, -0.15) is 13.2 Å². The molecular formula is C24H15F3N2. The van der Waals surface area contributed by atoms with E-state index in [9.17, 15) is 13.2 Å². The van der Waals surface area contributed by atoms with E-state index in [-0.39, 0.29) is 5.39 Å². The quantitative estimate of drug-likeness (QED) is 0.202. The third kappa shape index (κ3) is 2.00. The molecule has 0 fully saturated rings. The Bertz CT molecular complexity index is 1610. The molecule has 0 spiro atoms. The van der Waals surface area contributed by atoms with Gasteiger partial charge in [-0.05, 0) is 36.9 Å². The van der Waals surface area contributed by atoms with Gasteiger partial charge in [-0.3, -0.25) is 4.98 Å². The summed E-state index contributed by atoms with van der Waals surface area (Å²) in [6.45, 7) is 4.04. The molecule has 0 saturated heterocycles. The van der Waals surface area contributed by atoms with Gasteiger partial charge in [0.05, 0.1) is 27.6 Å². The molecule has 3 heterocycles. The number of rotatable bonds is 0. The minimum atomic E-state index is -4.46. The fourth-order valence-corrected chi connectivity index (χ4v) is 4.88. The number of benzene rings is 3. The summed E-state index contributed by atoms with van der Waals surface area (Å²) in [4.78, 5) is 4.35. The van der Waals surface area contributed by atoms with Crippen molar-refractivity contribution >= 4 is 49.0 Å². The van der Waals surface area contributed by atoms with Gasteiger partial charge in [0.1, 0.15) is 0 Å². The molecule has 3 aromatic carbocycles. The lowest BCUT2D eigenvalue weighted by atomic mass is 9.97. The summed E-state index contributed by atoms with van der Waals surface area (Å²) in [6.07, 6.45) is -3.48. The van der Waals surface area contributed by atoms with Crippen molar-refractivity contribution < 1.29 is 13.2 Å². The summed E-state index contributed by atoms with van der Waals surface area (Å²) in [5, 5.41) is 3.62. The Morgan fingerprint density at radius 1 is 0.828 bits per heavy atom. The molecule has 0 radical (unpaired) electrons. The van der Waals surface area contributed by atoms with Gasteiger partial charge < -0.3 is 4.40 Å². The van der Waals surface area contributed by atoms with E-state index < -0.39 is 11.7 Å². The molecule has 6 aromatic rings. The maximum atomic E-state index is 13.7. The molecule has 29 heavy (non-hydrogen) atoms. The van der Waals surface area contributed by atoms with Gasteiger partial charge in [0.25, 0.3) is 0 Å². The minimum Gasteiger partial charge on any atom is -0.308 e. The zero-order valence-electron chi connectivity index (χ0n) is 15.7. The predicted octanol–water partition coefficient (Wildman–Crippen LogP) is 7.02. The standard InChI is InChI=1S/C24H15F3N2/c1-12-9-13(2)22-17(10-12)21-20-16(18(11-28-21)24(25,26)27)8-7-15-14-5-3-4-6-19(14)29(22)23(15)20/h3-11H,1-2H3. The second-order valence-electron chi connectivity index (χ2n) is 7.73. The second-order valence-corrected chi connectivity index (χ2v) is 7.73. The molecule has 6 rings (SSSR count). The molecule has 142 valence electrons. The molecule has 3 aromatic heterocycles. The maximum absolute atomic E-state index is 13.7. The Morgan fingerprint density at radius 3 is 2.38 bits per heavy atom. The molecule has 0 bridgehead atoms. The third-order valence-electron chi connectivity index (χ3n) is 5.92. The Kier molecular flexibility index (Phi) is 2.96. The highest BCUT2D eigenvalue weighted by atomic mass is 19.4. The molecule has 2 nitrogen and oxygen atoms in total. The first kappa shape index (κ1) is 16.6. The number of para-hydroxylation sites is 1. The fraction of sp³-hybridized carbons (Fsp3) is 0.125. The highest BCUT2D eigenvalue weighted by Gasteiger charge is 2.34. The molecule has 0 aliphatic rings. The Labute approximate surface area is 163 Å². The summed E-state index contributed by atoms with van der Waals surface area (Å²) in [5.74, 6) is 0. The average Bonchev–Trinajstić information content (AvgIpc) is 3.01. The van der Waals surface area contributed by atoms with Crippen LogP contribution in [0.1, 0.15) is 16.7 Å². The van der Waals surface area contributed by atoms with Crippen molar-refractivity contribution in [3.8, 4) is 0 Å². The van der Waals surface area contributed by atoms with Gasteiger partial charge >= 0.3 is 6.18 Å². The summed E-state index contributed by atoms with van der Waals surface area (Å²) in [6, 6.07) is 15.5. The molecule has 0 aliphatic carbocycles. The van der Waals surface area contributed by atoms with Gasteiger partial charge in [-0.1, -0.05) is 42.0 Å². The van der Waals surface area contributed by atoms with Gasteiger partial charge in [-0.25, -0.2) is 0 Å². The van der Waals surface area contributed by atoms with Crippen molar-refractivity contribution in [2.45, 2.75) is 20.0 Å². The number of pyridine rings is 2. The van der Waals surface area contributed by atoms with Crippen LogP contribution in [0.25, 0.3) is 49.0 Å². The van der Waals surface area contributed by atoms with E-state index in [1.807, 2.05) is 50.2 Å². The molecule has 0 aliphatic heterocycles. The van der Waals surface area contributed by atoms with Crippen molar-refractivity contribution in [3.05, 3.63) is 71.4 Å². The number of fused-ring (bicyclic) bond motifs is 6. The first-order chi connectivity index (χ1) is 13.9. The smallest absolute Gasteiger partial charge is 0.308 e. The largest absolute Gasteiger partial charge is 0.418 e. The van der Waals surface area contributed by atoms with Crippen molar-refractivity contribution in [2.24, 2.45) is 0 Å². The van der Waals surface area contributed by atoms with Crippen LogP contribution in [0.3, 0.4) is 0 Å². The topological polar surface area (TPSA) is 17.3 Å². The first-order valence-electron chi connectivity index (χ1n) is 9.40. The first-order valence-corrected chi connectivity index (χ1v) is 9.40. The van der Waals surface area contributed by atoms with Crippen molar-refractivity contribution in [1.82, 2.24) is 9.38 Å². The molecule has 0 atom stereocenters. The molecule has 0 unspecified atom stereocenters. The highest BCUT2D eigenvalue weighted by Crippen LogP contribution is 2.44. The number of hydrogen-bond acceptors (Lipinski definition) is 1. The van der Waals surface area contributed by atoms with E-state index in [1.54, 1.807) is 6.07 Å². The SMILES string of the molecule is Cc1cc(C)c2c(c1)c1ncc(C(F)(F)F)c3ccc4c5ccccc5n2c4c31. The maximum Gasteiger partial charge on any atom is 0.418 e. The van der Waals surface area contributed by atoms with E-state index in [0.717, 1.165) is 50.0 Å². The lowest BCUT2D eigenvalue weighted by Crippen LogP contribution is -2.07. The monoisotopic (exact) mass is 388 g/mol. The van der Waals surface area contributed by atoms with Crippen LogP contribution in [0.2, 0.25) is 0 Å². The third-order valence-corrected chi connectivity index (χ3v) is 5.92. The van der Waals surface area contributed by atoms with Crippen LogP contribution in [0, 0.1) is 13.8 Å². The Hall–Kier alpha value is -3.34. The van der Waals surface area contributed by atoms with Gasteiger partial charge in [0.2, 0.25) is 0 Å². The number of hydrogen-bond donors (Lipinski definition) is 0. The van der Waals surface area contributed by atoms with Gasteiger partial charge in [0, 0.05) is 27.7 Å². The summed E-state index contributed by atoms with van der Waals surface area (Å²) in [5.41, 5.74) is 4.85. The van der Waals surface area contributed by atoms with Crippen LogP contribution in [0.5, 0.6) is 0 Å². The summed E-state index contributed by atoms with van der Waals surface area (Å²) >= 11 is 0. The van der Waals surface area contributed by atoms with Crippen LogP contribution in [0.15, 0.2) is 54.7 Å². The van der Waals surface area contributed by atoms with Crippen LogP contribution in [0.4, 0.5) is 13.2 Å². The fourth-order valence-electron chi connectivity index (χ4n) is 4.88. The molecule has 0 saturated carbocycles. The van der Waals surface area contributed by atoms with Crippen LogP contribution in [-0.4, -0.2) is 9.38 Å². The normalized spacial score (nSPS) is 13.0. The van der Waals surface area contributed by atoms with Crippen molar-refractivity contribution in [2.75, 3.05) is 0 Å². The zero-order valence-corrected chi connectivity index (χ0v) is 15.7. The Balaban J connectivity index is 2.06. The predicted molar refractivity (Wildman–Crippen MR) is 111 cm³/mol. The summed E-state index contributed by atoms with van der Waals surface area (Å²) < 4.78 is 43.4. The molecule has 0 amide bonds. The number of aryl methyl sites for hydroxylation is 2. The highest BCUT2D eigenvalue weighted by molar-refractivity contribution is 6.28. The van der Waals surface area contributed by atoms with E-state index in [1.165, 1.54) is 0 Å². The van der Waals surface area contributed by atoms with Crippen LogP contribution < -0.4 is 0 Å². The lowest BCUT2D eigenvalue weighted by molar-refractivity contribution is -0.136. The number of aromatic nitrogens is 2. The van der Waals surface area contributed by atoms with Crippen molar-refractivity contribution in [3.63, 3.8) is 0 Å². The van der Waals surface area contributed by atoms with E-state index in [0.29, 0.717) is 10.9 Å². The van der Waals surface area contributed by atoms with Gasteiger partial charge in [-0.15, -0.1) is 0 Å². The molecule has 0 N–H and O–H groups in total. The van der Waals surface area contributed by atoms with Crippen molar-refractivity contribution in [1.29, 1.82) is 0 Å². The lowest BCUT2D eigenvalue weighted by Gasteiger charge is -2.17. The number of halogens is 3. The number of alkyl halides is 3. The minimum absolute atomic E-state index is 0.198. The van der Waals surface area contributed by atoms with Gasteiger partial charge in [0.15, 0.2) is 0 Å². The summed E-state index contributed by atoms with van der Waals surface area (Å²) in [7, 11) is 0. The molecular weight excluding hydrogens is 373 g/mol. The van der Waals surface area contributed by atoms with E-state index in [4.69, 9.17) is 0 Å². The van der Waals surface area contributed by atoms with Crippen LogP contribution >= 0.6 is 0 Å². The average molecular weight is 388 g/mol. The number of nitrogens with zero attached hydrogens (tertiary/aromatic N) is 2. The Morgan fingerprint density at radius 2 is 1.59 bits per heavy atom. The van der Waals surface area contributed by atoms with E-state index >= 15 is 0 Å².